The summed E-state index contributed by atoms with van der Waals surface area (Å²) >= 11 is 4.79. The zero-order valence-corrected chi connectivity index (χ0v) is 11.0. The van der Waals surface area contributed by atoms with Crippen molar-refractivity contribution in [3.05, 3.63) is 29.8 Å². The molecule has 1 unspecified atom stereocenters. The molecule has 0 saturated carbocycles. The van der Waals surface area contributed by atoms with E-state index in [9.17, 15) is 13.6 Å². The minimum absolute atomic E-state index is 0.256. The Morgan fingerprint density at radius 2 is 2.00 bits per heavy atom. The van der Waals surface area contributed by atoms with Crippen LogP contribution in [-0.4, -0.2) is 30.0 Å². The van der Waals surface area contributed by atoms with Crippen LogP contribution in [0, 0.1) is 0 Å². The summed E-state index contributed by atoms with van der Waals surface area (Å²) in [5.41, 5.74) is 6.62. The molecular formula is C12H14F2N2O2S. The summed E-state index contributed by atoms with van der Waals surface area (Å²) in [6, 6.07) is 6.55. The molecular weight excluding hydrogens is 274 g/mol. The molecule has 0 aliphatic heterocycles. The molecule has 0 saturated heterocycles. The summed E-state index contributed by atoms with van der Waals surface area (Å²) in [4.78, 5) is 11.9. The highest BCUT2D eigenvalue weighted by atomic mass is 32.1. The molecule has 0 fully saturated rings. The van der Waals surface area contributed by atoms with Gasteiger partial charge in [-0.15, -0.1) is 0 Å². The van der Waals surface area contributed by atoms with Crippen molar-refractivity contribution in [1.82, 2.24) is 0 Å². The quantitative estimate of drug-likeness (QED) is 0.785. The van der Waals surface area contributed by atoms with Gasteiger partial charge in [0.05, 0.1) is 0 Å². The lowest BCUT2D eigenvalue weighted by Gasteiger charge is -2.13. The highest BCUT2D eigenvalue weighted by molar-refractivity contribution is 7.80. The monoisotopic (exact) mass is 288 g/mol. The van der Waals surface area contributed by atoms with Crippen molar-refractivity contribution in [3.63, 3.8) is 0 Å². The van der Waals surface area contributed by atoms with Crippen molar-refractivity contribution < 1.29 is 18.3 Å². The number of carbonyl (C=O) groups is 1. The van der Waals surface area contributed by atoms with Crippen molar-refractivity contribution in [3.8, 4) is 0 Å². The topological polar surface area (TPSA) is 64.3 Å². The van der Waals surface area contributed by atoms with Gasteiger partial charge in [-0.1, -0.05) is 12.2 Å². The Morgan fingerprint density at radius 3 is 2.47 bits per heavy atom. The molecule has 0 aliphatic rings. The van der Waals surface area contributed by atoms with Gasteiger partial charge >= 0.3 is 0 Å². The van der Waals surface area contributed by atoms with Crippen molar-refractivity contribution in [2.24, 2.45) is 5.73 Å². The molecule has 1 aromatic rings. The molecule has 0 radical (unpaired) electrons. The standard InChI is InChI=1S/C12H14F2N2O2S/c1-7(18-6-10(13)14)12(17)16-9-4-2-8(3-5-9)11(15)19/h2-5,7,10H,6H2,1H3,(H2,15,19)(H,16,17). The zero-order valence-electron chi connectivity index (χ0n) is 10.2. The number of rotatable bonds is 6. The highest BCUT2D eigenvalue weighted by Gasteiger charge is 2.15. The fraction of sp³-hybridized carbons (Fsp3) is 0.333. The SMILES string of the molecule is CC(OCC(F)F)C(=O)Nc1ccc(C(N)=S)cc1. The van der Waals surface area contributed by atoms with Gasteiger partial charge in [0.1, 0.15) is 17.7 Å². The number of hydrogen-bond acceptors (Lipinski definition) is 3. The summed E-state index contributed by atoms with van der Waals surface area (Å²) in [5.74, 6) is -0.497. The Balaban J connectivity index is 2.54. The first-order valence-corrected chi connectivity index (χ1v) is 5.91. The minimum Gasteiger partial charge on any atom is -0.389 e. The van der Waals surface area contributed by atoms with E-state index >= 15 is 0 Å². The molecule has 19 heavy (non-hydrogen) atoms. The van der Waals surface area contributed by atoms with Crippen LogP contribution >= 0.6 is 12.2 Å². The Labute approximate surface area is 114 Å². The minimum atomic E-state index is -2.60. The fourth-order valence-electron chi connectivity index (χ4n) is 1.25. The Hall–Kier alpha value is -1.60. The van der Waals surface area contributed by atoms with Crippen molar-refractivity contribution in [1.29, 1.82) is 0 Å². The lowest BCUT2D eigenvalue weighted by molar-refractivity contribution is -0.128. The fourth-order valence-corrected chi connectivity index (χ4v) is 1.39. The molecule has 0 bridgehead atoms. The lowest BCUT2D eigenvalue weighted by atomic mass is 10.2. The summed E-state index contributed by atoms with van der Waals surface area (Å²) in [7, 11) is 0. The molecule has 7 heteroatoms. The Bertz CT molecular complexity index is 452. The highest BCUT2D eigenvalue weighted by Crippen LogP contribution is 2.10. The Kier molecular flexibility index (Phi) is 5.78. The van der Waals surface area contributed by atoms with Crippen LogP contribution in [0.3, 0.4) is 0 Å². The largest absolute Gasteiger partial charge is 0.389 e. The second-order valence-electron chi connectivity index (χ2n) is 3.80. The van der Waals surface area contributed by atoms with E-state index in [4.69, 9.17) is 22.7 Å². The molecule has 104 valence electrons. The van der Waals surface area contributed by atoms with E-state index < -0.39 is 25.0 Å². The maximum atomic E-state index is 11.9. The number of amides is 1. The number of halogens is 2. The van der Waals surface area contributed by atoms with Gasteiger partial charge in [0, 0.05) is 11.3 Å². The molecule has 1 atom stereocenters. The van der Waals surface area contributed by atoms with Crippen LogP contribution in [0.25, 0.3) is 0 Å². The first-order chi connectivity index (χ1) is 8.90. The summed E-state index contributed by atoms with van der Waals surface area (Å²) in [6.45, 7) is 0.635. The first-order valence-electron chi connectivity index (χ1n) is 5.50. The maximum Gasteiger partial charge on any atom is 0.261 e. The van der Waals surface area contributed by atoms with Crippen molar-refractivity contribution in [2.45, 2.75) is 19.5 Å². The van der Waals surface area contributed by atoms with E-state index in [2.05, 4.69) is 5.32 Å². The van der Waals surface area contributed by atoms with Crippen LogP contribution in [0.1, 0.15) is 12.5 Å². The van der Waals surface area contributed by atoms with Crippen molar-refractivity contribution in [2.75, 3.05) is 11.9 Å². The molecule has 1 rings (SSSR count). The van der Waals surface area contributed by atoms with Gasteiger partial charge in [-0.3, -0.25) is 4.79 Å². The van der Waals surface area contributed by atoms with Gasteiger partial charge in [0.15, 0.2) is 0 Å². The maximum absolute atomic E-state index is 11.9. The van der Waals surface area contributed by atoms with E-state index in [1.165, 1.54) is 6.92 Å². The van der Waals surface area contributed by atoms with Crippen LogP contribution in [-0.2, 0) is 9.53 Å². The molecule has 1 amide bonds. The third-order valence-electron chi connectivity index (χ3n) is 2.28. The predicted molar refractivity (Wildman–Crippen MR) is 72.4 cm³/mol. The number of hydrogen-bond donors (Lipinski definition) is 2. The summed E-state index contributed by atoms with van der Waals surface area (Å²) in [5, 5.41) is 2.54. The molecule has 4 nitrogen and oxygen atoms in total. The van der Waals surface area contributed by atoms with E-state index in [1.807, 2.05) is 0 Å². The average molecular weight is 288 g/mol. The van der Waals surface area contributed by atoms with Crippen LogP contribution in [0.5, 0.6) is 0 Å². The van der Waals surface area contributed by atoms with Gasteiger partial charge in [-0.25, -0.2) is 8.78 Å². The number of carbonyl (C=O) groups excluding carboxylic acids is 1. The smallest absolute Gasteiger partial charge is 0.261 e. The molecule has 3 N–H and O–H groups in total. The molecule has 0 heterocycles. The second kappa shape index (κ2) is 7.10. The zero-order chi connectivity index (χ0) is 14.4. The molecule has 0 aromatic heterocycles. The number of thiocarbonyl (C=S) groups is 1. The number of nitrogens with two attached hydrogens (primary N) is 1. The van der Waals surface area contributed by atoms with E-state index in [0.717, 1.165) is 0 Å². The summed E-state index contributed by atoms with van der Waals surface area (Å²) < 4.78 is 28.5. The lowest BCUT2D eigenvalue weighted by Crippen LogP contribution is -2.29. The average Bonchev–Trinajstić information content (AvgIpc) is 2.36. The third-order valence-corrected chi connectivity index (χ3v) is 2.51. The van der Waals surface area contributed by atoms with E-state index in [0.29, 0.717) is 11.3 Å². The molecule has 0 aliphatic carbocycles. The van der Waals surface area contributed by atoms with Crippen molar-refractivity contribution >= 4 is 28.8 Å². The number of alkyl halides is 2. The summed E-state index contributed by atoms with van der Waals surface area (Å²) in [6.07, 6.45) is -3.55. The molecule has 0 spiro atoms. The van der Waals surface area contributed by atoms with Gasteiger partial charge in [-0.2, -0.15) is 0 Å². The predicted octanol–water partition coefficient (Wildman–Crippen LogP) is 1.93. The van der Waals surface area contributed by atoms with E-state index in [1.54, 1.807) is 24.3 Å². The van der Waals surface area contributed by atoms with Gasteiger partial charge in [-0.05, 0) is 31.2 Å². The van der Waals surface area contributed by atoms with Gasteiger partial charge in [0.2, 0.25) is 0 Å². The number of anilines is 1. The van der Waals surface area contributed by atoms with Crippen LogP contribution < -0.4 is 11.1 Å². The van der Waals surface area contributed by atoms with Crippen LogP contribution in [0.15, 0.2) is 24.3 Å². The van der Waals surface area contributed by atoms with Gasteiger partial charge in [0.25, 0.3) is 12.3 Å². The third kappa shape index (κ3) is 5.27. The van der Waals surface area contributed by atoms with E-state index in [-0.39, 0.29) is 4.99 Å². The van der Waals surface area contributed by atoms with Crippen LogP contribution in [0.2, 0.25) is 0 Å². The number of ether oxygens (including phenoxy) is 1. The van der Waals surface area contributed by atoms with Gasteiger partial charge < -0.3 is 15.8 Å². The first kappa shape index (κ1) is 15.5. The number of nitrogens with one attached hydrogen (secondary N) is 1. The Morgan fingerprint density at radius 1 is 1.42 bits per heavy atom. The normalized spacial score (nSPS) is 12.2. The number of benzene rings is 1. The van der Waals surface area contributed by atoms with Crippen LogP contribution in [0.4, 0.5) is 14.5 Å². The second-order valence-corrected chi connectivity index (χ2v) is 4.24. The molecule has 1 aromatic carbocycles.